The molecule has 0 bridgehead atoms. The Morgan fingerprint density at radius 1 is 1.10 bits per heavy atom. The largest absolute Gasteiger partial charge is 0.345 e. The van der Waals surface area contributed by atoms with Crippen LogP contribution < -0.4 is 4.90 Å². The second kappa shape index (κ2) is 8.10. The third-order valence-electron chi connectivity index (χ3n) is 5.35. The molecule has 1 aliphatic rings. The number of thioether (sulfide) groups is 1. The maximum absolute atomic E-state index is 13.0. The van der Waals surface area contributed by atoms with E-state index < -0.39 is 4.92 Å². The molecule has 3 heterocycles. The molecule has 4 aromatic rings. The minimum atomic E-state index is -0.415. The number of carbonyl (C=O) groups is 1. The summed E-state index contributed by atoms with van der Waals surface area (Å²) in [5.74, 6) is -0.0162. The zero-order valence-corrected chi connectivity index (χ0v) is 19.1. The van der Waals surface area contributed by atoms with Gasteiger partial charge >= 0.3 is 0 Å². The summed E-state index contributed by atoms with van der Waals surface area (Å²) in [6.07, 6.45) is 2.06. The van der Waals surface area contributed by atoms with Gasteiger partial charge in [0.05, 0.1) is 20.0 Å². The Labute approximate surface area is 190 Å². The van der Waals surface area contributed by atoms with Crippen LogP contribution in [0.2, 0.25) is 0 Å². The molecular weight excluding hydrogens is 452 g/mol. The van der Waals surface area contributed by atoms with Gasteiger partial charge in [0.1, 0.15) is 0 Å². The Kier molecular flexibility index (Phi) is 5.28. The van der Waals surface area contributed by atoms with Gasteiger partial charge in [-0.1, -0.05) is 17.4 Å². The van der Waals surface area contributed by atoms with Crippen molar-refractivity contribution < 1.29 is 9.72 Å². The summed E-state index contributed by atoms with van der Waals surface area (Å²) in [5.41, 5.74) is 1.09. The van der Waals surface area contributed by atoms with Crippen LogP contribution in [0.3, 0.4) is 0 Å². The van der Waals surface area contributed by atoms with Crippen molar-refractivity contribution in [3.8, 4) is 0 Å². The maximum Gasteiger partial charge on any atom is 0.270 e. The van der Waals surface area contributed by atoms with Crippen molar-refractivity contribution in [2.45, 2.75) is 4.90 Å². The lowest BCUT2D eigenvalue weighted by atomic mass is 10.2. The molecule has 1 fully saturated rings. The number of thiazole rings is 1. The minimum Gasteiger partial charge on any atom is -0.345 e. The van der Waals surface area contributed by atoms with E-state index in [9.17, 15) is 14.9 Å². The van der Waals surface area contributed by atoms with E-state index in [1.165, 1.54) is 33.1 Å². The van der Waals surface area contributed by atoms with Gasteiger partial charge in [0.2, 0.25) is 0 Å². The van der Waals surface area contributed by atoms with E-state index in [0.29, 0.717) is 18.0 Å². The predicted octanol–water partition coefficient (Wildman–Crippen LogP) is 5.10. The number of hydrogen-bond acceptors (Lipinski definition) is 8. The van der Waals surface area contributed by atoms with E-state index in [0.717, 1.165) is 33.8 Å². The van der Waals surface area contributed by atoms with E-state index in [-0.39, 0.29) is 11.6 Å². The molecule has 0 spiro atoms. The maximum atomic E-state index is 13.0. The number of piperazine rings is 1. The van der Waals surface area contributed by atoms with Crippen LogP contribution in [0.15, 0.2) is 47.4 Å². The monoisotopic (exact) mass is 470 g/mol. The Bertz CT molecular complexity index is 1310. The first-order valence-corrected chi connectivity index (χ1v) is 12.5. The average Bonchev–Trinajstić information content (AvgIpc) is 3.42. The third-order valence-corrected chi connectivity index (χ3v) is 8.30. The van der Waals surface area contributed by atoms with Crippen LogP contribution in [-0.4, -0.2) is 53.1 Å². The van der Waals surface area contributed by atoms with E-state index >= 15 is 0 Å². The Hall–Kier alpha value is -2.69. The third kappa shape index (κ3) is 3.75. The number of fused-ring (bicyclic) bond motifs is 2. The topological polar surface area (TPSA) is 79.6 Å². The second-order valence-electron chi connectivity index (χ2n) is 7.17. The van der Waals surface area contributed by atoms with Crippen LogP contribution in [0.25, 0.3) is 20.3 Å². The molecule has 0 radical (unpaired) electrons. The summed E-state index contributed by atoms with van der Waals surface area (Å²) in [6, 6.07) is 12.7. The number of nitro benzene ring substituents is 1. The highest BCUT2D eigenvalue weighted by molar-refractivity contribution is 7.98. The average molecular weight is 471 g/mol. The molecule has 1 aliphatic heterocycles. The highest BCUT2D eigenvalue weighted by atomic mass is 32.2. The fourth-order valence-electron chi connectivity index (χ4n) is 3.72. The number of amides is 1. The van der Waals surface area contributed by atoms with Crippen LogP contribution in [0.1, 0.15) is 9.67 Å². The highest BCUT2D eigenvalue weighted by Gasteiger charge is 2.25. The van der Waals surface area contributed by atoms with Gasteiger partial charge in [0.15, 0.2) is 5.13 Å². The van der Waals surface area contributed by atoms with Crippen LogP contribution >= 0.6 is 34.4 Å². The zero-order valence-electron chi connectivity index (χ0n) is 16.6. The smallest absolute Gasteiger partial charge is 0.270 e. The quantitative estimate of drug-likeness (QED) is 0.234. The van der Waals surface area contributed by atoms with Gasteiger partial charge in [-0.2, -0.15) is 0 Å². The molecule has 5 rings (SSSR count). The minimum absolute atomic E-state index is 0.0162. The molecule has 0 saturated carbocycles. The summed E-state index contributed by atoms with van der Waals surface area (Å²) >= 11 is 4.78. The number of nitro groups is 1. The summed E-state index contributed by atoms with van der Waals surface area (Å²) in [4.78, 5) is 34.4. The SMILES string of the molecule is CSc1cccc2sc(N3CCN(C(=O)c4cc5cc([N+](=O)[O-])ccc5s4)CC3)nc12. The number of thiophene rings is 1. The molecule has 10 heteroatoms. The number of nitrogens with zero attached hydrogens (tertiary/aromatic N) is 4. The van der Waals surface area contributed by atoms with Gasteiger partial charge in [-0.25, -0.2) is 4.98 Å². The number of hydrogen-bond donors (Lipinski definition) is 0. The molecule has 0 unspecified atom stereocenters. The lowest BCUT2D eigenvalue weighted by Gasteiger charge is -2.34. The van der Waals surface area contributed by atoms with Crippen molar-refractivity contribution >= 4 is 71.5 Å². The van der Waals surface area contributed by atoms with Crippen molar-refractivity contribution in [2.75, 3.05) is 37.3 Å². The fraction of sp³-hybridized carbons (Fsp3) is 0.238. The van der Waals surface area contributed by atoms with Gasteiger partial charge in [0.25, 0.3) is 11.6 Å². The fourth-order valence-corrected chi connectivity index (χ4v) is 6.40. The Balaban J connectivity index is 1.30. The van der Waals surface area contributed by atoms with E-state index in [4.69, 9.17) is 4.98 Å². The molecular formula is C21H18N4O3S3. The molecule has 7 nitrogen and oxygen atoms in total. The van der Waals surface area contributed by atoms with Gasteiger partial charge < -0.3 is 9.80 Å². The number of carbonyl (C=O) groups excluding carboxylic acids is 1. The van der Waals surface area contributed by atoms with Crippen LogP contribution in [0.5, 0.6) is 0 Å². The molecule has 158 valence electrons. The summed E-state index contributed by atoms with van der Waals surface area (Å²) in [7, 11) is 0. The number of rotatable bonds is 4. The number of anilines is 1. The molecule has 0 aliphatic carbocycles. The van der Waals surface area contributed by atoms with E-state index in [2.05, 4.69) is 29.4 Å². The summed E-state index contributed by atoms with van der Waals surface area (Å²) in [6.45, 7) is 2.71. The lowest BCUT2D eigenvalue weighted by molar-refractivity contribution is -0.384. The number of benzene rings is 2. The van der Waals surface area contributed by atoms with E-state index in [1.54, 1.807) is 35.2 Å². The lowest BCUT2D eigenvalue weighted by Crippen LogP contribution is -2.48. The van der Waals surface area contributed by atoms with Crippen molar-refractivity contribution in [1.29, 1.82) is 0 Å². The number of non-ortho nitro benzene ring substituents is 1. The molecule has 0 atom stereocenters. The Morgan fingerprint density at radius 3 is 2.65 bits per heavy atom. The normalized spacial score (nSPS) is 14.5. The van der Waals surface area contributed by atoms with Gasteiger partial charge in [0, 0.05) is 53.3 Å². The molecule has 0 N–H and O–H groups in total. The first kappa shape index (κ1) is 20.2. The van der Waals surface area contributed by atoms with Crippen molar-refractivity contribution in [1.82, 2.24) is 9.88 Å². The van der Waals surface area contributed by atoms with Crippen molar-refractivity contribution in [3.05, 3.63) is 57.5 Å². The predicted molar refractivity (Wildman–Crippen MR) is 128 cm³/mol. The molecule has 1 amide bonds. The molecule has 2 aromatic heterocycles. The molecule has 2 aromatic carbocycles. The number of aromatic nitrogens is 1. The highest BCUT2D eigenvalue weighted by Crippen LogP contribution is 2.35. The first-order valence-electron chi connectivity index (χ1n) is 9.69. The summed E-state index contributed by atoms with van der Waals surface area (Å²) < 4.78 is 2.06. The van der Waals surface area contributed by atoms with Gasteiger partial charge in [-0.15, -0.1) is 23.1 Å². The molecule has 31 heavy (non-hydrogen) atoms. The van der Waals surface area contributed by atoms with E-state index in [1.807, 2.05) is 4.90 Å². The summed E-state index contributed by atoms with van der Waals surface area (Å²) in [5, 5.41) is 12.7. The van der Waals surface area contributed by atoms with Crippen molar-refractivity contribution in [2.24, 2.45) is 0 Å². The second-order valence-corrected chi connectivity index (χ2v) is 10.1. The van der Waals surface area contributed by atoms with Gasteiger partial charge in [-0.3, -0.25) is 14.9 Å². The van der Waals surface area contributed by atoms with Gasteiger partial charge in [-0.05, 0) is 30.5 Å². The molecule has 1 saturated heterocycles. The number of para-hydroxylation sites is 1. The van der Waals surface area contributed by atoms with Crippen LogP contribution in [0, 0.1) is 10.1 Å². The standard InChI is InChI=1S/C21H18N4O3S3/c1-29-16-3-2-4-17-19(16)22-21(31-17)24-9-7-23(8-10-24)20(26)18-12-13-11-14(25(27)28)5-6-15(13)30-18/h2-6,11-12H,7-10H2,1H3. The van der Waals surface area contributed by atoms with Crippen LogP contribution in [-0.2, 0) is 0 Å². The Morgan fingerprint density at radius 2 is 1.90 bits per heavy atom. The zero-order chi connectivity index (χ0) is 21.5. The first-order chi connectivity index (χ1) is 15.0. The van der Waals surface area contributed by atoms with Crippen LogP contribution in [0.4, 0.5) is 10.8 Å². The van der Waals surface area contributed by atoms with Crippen molar-refractivity contribution in [3.63, 3.8) is 0 Å².